The van der Waals surface area contributed by atoms with E-state index in [1.807, 2.05) is 6.92 Å². The van der Waals surface area contributed by atoms with Gasteiger partial charge in [-0.25, -0.2) is 0 Å². The summed E-state index contributed by atoms with van der Waals surface area (Å²) < 4.78 is 6.02. The molecule has 11 atom stereocenters. The summed E-state index contributed by atoms with van der Waals surface area (Å²) in [6, 6.07) is 2.89. The number of hydrogen-bond acceptors (Lipinski definition) is 7. The minimum atomic E-state index is -1.10. The number of phenolic OH excluding ortho intramolecular Hbond substituents is 1. The number of ether oxygens (including phenoxy) is 1. The van der Waals surface area contributed by atoms with E-state index in [2.05, 4.69) is 47.6 Å². The molecule has 3 N–H and O–H groups in total. The molecule has 0 radical (unpaired) electrons. The molecule has 0 aliphatic heterocycles. The van der Waals surface area contributed by atoms with Gasteiger partial charge < -0.3 is 20.1 Å². The Morgan fingerprint density at radius 2 is 1.58 bits per heavy atom. The number of aliphatic hydroxyl groups excluding tert-OH is 2. The molecular formula is C45H58O7. The fourth-order valence-corrected chi connectivity index (χ4v) is 13.7. The SMILES string of the molecule is CC1=CC2C(=O)c3ccc(OC(=O)[C@@]4(C)CC[C@]5(C)CC[C@]6(C)C(=CCC7[C@@]8(C)CC[C@H](O)C(C)(C)C8CC[C@]76C)C5C4)c(O)c3C(=O)C2C(O)=C1. The van der Waals surface area contributed by atoms with Crippen LogP contribution in [0, 0.1) is 62.1 Å². The van der Waals surface area contributed by atoms with Crippen LogP contribution < -0.4 is 4.74 Å². The summed E-state index contributed by atoms with van der Waals surface area (Å²) in [5, 5.41) is 33.1. The van der Waals surface area contributed by atoms with Gasteiger partial charge in [-0.3, -0.25) is 14.4 Å². The van der Waals surface area contributed by atoms with E-state index in [4.69, 9.17) is 4.74 Å². The molecule has 0 heterocycles. The summed E-state index contributed by atoms with van der Waals surface area (Å²) in [6.07, 6.45) is 15.2. The van der Waals surface area contributed by atoms with Gasteiger partial charge in [0.1, 0.15) is 5.76 Å². The molecule has 7 heteroatoms. The number of rotatable bonds is 2. The van der Waals surface area contributed by atoms with Gasteiger partial charge in [0, 0.05) is 5.56 Å². The van der Waals surface area contributed by atoms with E-state index in [0.29, 0.717) is 30.3 Å². The maximum Gasteiger partial charge on any atom is 0.317 e. The Labute approximate surface area is 309 Å². The number of aromatic hydroxyl groups is 1. The highest BCUT2D eigenvalue weighted by Crippen LogP contribution is 2.75. The third kappa shape index (κ3) is 4.56. The van der Waals surface area contributed by atoms with Crippen LogP contribution in [0.2, 0.25) is 0 Å². The smallest absolute Gasteiger partial charge is 0.317 e. The first-order chi connectivity index (χ1) is 24.2. The second kappa shape index (κ2) is 11.2. The van der Waals surface area contributed by atoms with Crippen LogP contribution in [0.15, 0.2) is 47.3 Å². The molecule has 8 rings (SSSR count). The average molecular weight is 711 g/mol. The number of fused-ring (bicyclic) bond motifs is 9. The van der Waals surface area contributed by atoms with E-state index < -0.39 is 34.8 Å². The zero-order chi connectivity index (χ0) is 37.6. The Kier molecular flexibility index (Phi) is 7.70. The first-order valence-electron chi connectivity index (χ1n) is 19.9. The van der Waals surface area contributed by atoms with Gasteiger partial charge in [0.2, 0.25) is 0 Å². The summed E-state index contributed by atoms with van der Waals surface area (Å²) in [5.41, 5.74) is 1.56. The summed E-state index contributed by atoms with van der Waals surface area (Å²) in [7, 11) is 0. The Morgan fingerprint density at radius 3 is 2.31 bits per heavy atom. The summed E-state index contributed by atoms with van der Waals surface area (Å²) >= 11 is 0. The maximum absolute atomic E-state index is 14.3. The third-order valence-electron chi connectivity index (χ3n) is 17.2. The second-order valence-electron chi connectivity index (χ2n) is 20.1. The van der Waals surface area contributed by atoms with Gasteiger partial charge in [-0.15, -0.1) is 0 Å². The largest absolute Gasteiger partial charge is 0.511 e. The highest BCUT2D eigenvalue weighted by atomic mass is 16.5. The number of carbonyl (C=O) groups is 3. The van der Waals surface area contributed by atoms with Gasteiger partial charge in [-0.2, -0.15) is 0 Å². The first-order valence-corrected chi connectivity index (χ1v) is 19.9. The lowest BCUT2D eigenvalue weighted by molar-refractivity contribution is -0.203. The fourth-order valence-electron chi connectivity index (χ4n) is 13.7. The van der Waals surface area contributed by atoms with Gasteiger partial charge in [-0.1, -0.05) is 64.8 Å². The van der Waals surface area contributed by atoms with Crippen LogP contribution >= 0.6 is 0 Å². The molecule has 0 saturated heterocycles. The Bertz CT molecular complexity index is 1880. The van der Waals surface area contributed by atoms with Crippen molar-refractivity contribution in [2.24, 2.45) is 62.1 Å². The number of aliphatic hydroxyl groups is 2. The van der Waals surface area contributed by atoms with Crippen molar-refractivity contribution < 1.29 is 34.4 Å². The van der Waals surface area contributed by atoms with Crippen LogP contribution in [-0.4, -0.2) is 39.0 Å². The van der Waals surface area contributed by atoms with Crippen molar-refractivity contribution in [2.45, 2.75) is 126 Å². The molecule has 0 aromatic heterocycles. The quantitative estimate of drug-likeness (QED) is 0.159. The van der Waals surface area contributed by atoms with Gasteiger partial charge in [-0.05, 0) is 141 Å². The van der Waals surface area contributed by atoms with Crippen molar-refractivity contribution in [3.05, 3.63) is 58.4 Å². The third-order valence-corrected chi connectivity index (χ3v) is 17.2. The molecule has 52 heavy (non-hydrogen) atoms. The molecule has 4 saturated carbocycles. The van der Waals surface area contributed by atoms with E-state index in [1.165, 1.54) is 23.8 Å². The van der Waals surface area contributed by atoms with E-state index in [-0.39, 0.29) is 67.5 Å². The van der Waals surface area contributed by atoms with Gasteiger partial charge in [0.25, 0.3) is 0 Å². The van der Waals surface area contributed by atoms with Crippen molar-refractivity contribution in [3.8, 4) is 11.5 Å². The maximum atomic E-state index is 14.3. The molecule has 5 unspecified atom stereocenters. The van der Waals surface area contributed by atoms with Gasteiger partial charge in [0.15, 0.2) is 23.1 Å². The number of phenols is 1. The van der Waals surface area contributed by atoms with Crippen molar-refractivity contribution in [1.82, 2.24) is 0 Å². The van der Waals surface area contributed by atoms with Gasteiger partial charge >= 0.3 is 5.97 Å². The van der Waals surface area contributed by atoms with Crippen molar-refractivity contribution in [1.29, 1.82) is 0 Å². The number of benzene rings is 1. The molecule has 4 fully saturated rings. The van der Waals surface area contributed by atoms with Gasteiger partial charge in [0.05, 0.1) is 28.9 Å². The Balaban J connectivity index is 1.08. The molecule has 7 nitrogen and oxygen atoms in total. The molecule has 0 spiro atoms. The topological polar surface area (TPSA) is 121 Å². The lowest BCUT2D eigenvalue weighted by Crippen LogP contribution is -2.64. The van der Waals surface area contributed by atoms with Crippen LogP contribution in [0.3, 0.4) is 0 Å². The fraction of sp³-hybridized carbons (Fsp3) is 0.667. The summed E-state index contributed by atoms with van der Waals surface area (Å²) in [6.45, 7) is 18.4. The molecule has 280 valence electrons. The number of esters is 1. The van der Waals surface area contributed by atoms with Crippen molar-refractivity contribution in [2.75, 3.05) is 0 Å². The average Bonchev–Trinajstić information content (AvgIpc) is 3.07. The zero-order valence-corrected chi connectivity index (χ0v) is 32.4. The monoisotopic (exact) mass is 710 g/mol. The Hall–Kier alpha value is -3.19. The predicted molar refractivity (Wildman–Crippen MR) is 199 cm³/mol. The molecule has 0 bridgehead atoms. The van der Waals surface area contributed by atoms with E-state index in [0.717, 1.165) is 51.4 Å². The van der Waals surface area contributed by atoms with E-state index in [9.17, 15) is 29.7 Å². The van der Waals surface area contributed by atoms with Crippen molar-refractivity contribution in [3.63, 3.8) is 0 Å². The minimum Gasteiger partial charge on any atom is -0.511 e. The summed E-state index contributed by atoms with van der Waals surface area (Å²) in [4.78, 5) is 41.4. The Morgan fingerprint density at radius 1 is 0.865 bits per heavy atom. The van der Waals surface area contributed by atoms with E-state index >= 15 is 0 Å². The van der Waals surface area contributed by atoms with Crippen LogP contribution in [0.25, 0.3) is 0 Å². The highest BCUT2D eigenvalue weighted by Gasteiger charge is 2.68. The van der Waals surface area contributed by atoms with Crippen LogP contribution in [0.5, 0.6) is 11.5 Å². The number of carbonyl (C=O) groups excluding carboxylic acids is 3. The number of ketones is 2. The second-order valence-corrected chi connectivity index (χ2v) is 20.1. The molecule has 7 aliphatic rings. The highest BCUT2D eigenvalue weighted by molar-refractivity contribution is 6.19. The summed E-state index contributed by atoms with van der Waals surface area (Å²) in [5.74, 6) is -2.88. The predicted octanol–water partition coefficient (Wildman–Crippen LogP) is 9.47. The molecule has 0 amide bonds. The molecule has 1 aromatic rings. The molecular weight excluding hydrogens is 652 g/mol. The van der Waals surface area contributed by atoms with Crippen LogP contribution in [0.1, 0.15) is 140 Å². The first kappa shape index (κ1) is 35.8. The number of hydrogen-bond donors (Lipinski definition) is 3. The zero-order valence-electron chi connectivity index (χ0n) is 32.4. The van der Waals surface area contributed by atoms with E-state index in [1.54, 1.807) is 13.0 Å². The standard InChI is InChI=1S/C45H58O7/c1-24-21-26-34(29(46)22-24)38(50)35-25(36(26)48)9-11-30(37(35)49)52-39(51)42(5)18-17-41(4)19-20-44(7)27(28(41)23-42)10-12-32-43(6)15-14-33(47)40(2,3)31(43)13-16-45(32,44)8/h9-11,21-22,26,28,31-34,46-47,49H,12-20,23H2,1-8H3/t26?,28?,31?,32?,33-,34?,41+,42-,43-,44+,45+/m0/s1. The minimum absolute atomic E-state index is 0.00477. The lowest BCUT2D eigenvalue weighted by atomic mass is 9.33. The normalized spacial score (nSPS) is 44.7. The van der Waals surface area contributed by atoms with Crippen LogP contribution in [0.4, 0.5) is 0 Å². The van der Waals surface area contributed by atoms with Crippen LogP contribution in [-0.2, 0) is 4.79 Å². The molecule has 7 aliphatic carbocycles. The van der Waals surface area contributed by atoms with Crippen molar-refractivity contribution >= 4 is 17.5 Å². The number of Topliss-reactive ketones (excluding diaryl/α,β-unsaturated/α-hetero) is 2. The number of allylic oxidation sites excluding steroid dienone is 6. The lowest BCUT2D eigenvalue weighted by Gasteiger charge is -2.71. The molecule has 1 aromatic carbocycles.